The van der Waals surface area contributed by atoms with E-state index in [-0.39, 0.29) is 30.6 Å². The van der Waals surface area contributed by atoms with Crippen LogP contribution in [-0.4, -0.2) is 41.7 Å². The Labute approximate surface area is 145 Å². The van der Waals surface area contributed by atoms with Crippen LogP contribution in [0.15, 0.2) is 29.4 Å². The van der Waals surface area contributed by atoms with Crippen molar-refractivity contribution < 1.29 is 19.5 Å². The quantitative estimate of drug-likeness (QED) is 0.381. The van der Waals surface area contributed by atoms with E-state index in [1.807, 2.05) is 24.3 Å². The van der Waals surface area contributed by atoms with Crippen molar-refractivity contribution >= 4 is 29.7 Å². The fraction of sp³-hybridized carbons (Fsp3) is 0.412. The summed E-state index contributed by atoms with van der Waals surface area (Å²) in [7, 11) is 0. The van der Waals surface area contributed by atoms with E-state index in [1.165, 1.54) is 6.21 Å². The number of nitrogens with one attached hydrogen (secondary N) is 1. The maximum atomic E-state index is 12.5. The molecule has 1 fully saturated rings. The first-order valence-electron chi connectivity index (χ1n) is 8.06. The standard InChI is InChI=1S/C17H22N4O4/c1-11(8-16(23)24)20-15(22)9-13-6-7-21(17(13)25)14-4-2-12(3-5-14)10-19-18/h2-5,10-11,13H,6-9,18H2,1H3,(H,20,22)(H,23,24). The van der Waals surface area contributed by atoms with Gasteiger partial charge in [0.15, 0.2) is 0 Å². The fourth-order valence-corrected chi connectivity index (χ4v) is 2.88. The summed E-state index contributed by atoms with van der Waals surface area (Å²) in [5.41, 5.74) is 1.60. The zero-order valence-corrected chi connectivity index (χ0v) is 14.0. The molecule has 2 amide bonds. The predicted octanol–water partition coefficient (Wildman–Crippen LogP) is 0.702. The second-order valence-electron chi connectivity index (χ2n) is 6.12. The van der Waals surface area contributed by atoms with Gasteiger partial charge < -0.3 is 21.2 Å². The van der Waals surface area contributed by atoms with Gasteiger partial charge in [0.25, 0.3) is 0 Å². The minimum absolute atomic E-state index is 0.0667. The molecule has 2 rings (SSSR count). The van der Waals surface area contributed by atoms with E-state index in [0.717, 1.165) is 11.3 Å². The van der Waals surface area contributed by atoms with Crippen LogP contribution in [0.5, 0.6) is 0 Å². The minimum Gasteiger partial charge on any atom is -0.481 e. The van der Waals surface area contributed by atoms with Gasteiger partial charge in [-0.1, -0.05) is 12.1 Å². The Hall–Kier alpha value is -2.90. The molecular weight excluding hydrogens is 324 g/mol. The molecule has 0 saturated carbocycles. The Morgan fingerprint density at radius 1 is 1.44 bits per heavy atom. The maximum absolute atomic E-state index is 12.5. The Morgan fingerprint density at radius 3 is 2.72 bits per heavy atom. The Kier molecular flexibility index (Phi) is 6.10. The van der Waals surface area contributed by atoms with Crippen molar-refractivity contribution in [2.75, 3.05) is 11.4 Å². The van der Waals surface area contributed by atoms with E-state index >= 15 is 0 Å². The van der Waals surface area contributed by atoms with Crippen LogP contribution in [0.2, 0.25) is 0 Å². The van der Waals surface area contributed by atoms with E-state index in [4.69, 9.17) is 10.9 Å². The smallest absolute Gasteiger partial charge is 0.305 e. The molecule has 0 spiro atoms. The summed E-state index contributed by atoms with van der Waals surface area (Å²) in [6.07, 6.45) is 2.03. The maximum Gasteiger partial charge on any atom is 0.305 e. The van der Waals surface area contributed by atoms with Crippen LogP contribution < -0.4 is 16.1 Å². The molecule has 1 saturated heterocycles. The van der Waals surface area contributed by atoms with Gasteiger partial charge in [0.1, 0.15) is 0 Å². The number of benzene rings is 1. The topological polar surface area (TPSA) is 125 Å². The van der Waals surface area contributed by atoms with Crippen LogP contribution in [0.1, 0.15) is 31.7 Å². The molecule has 0 bridgehead atoms. The molecule has 8 nitrogen and oxygen atoms in total. The molecule has 134 valence electrons. The van der Waals surface area contributed by atoms with Crippen molar-refractivity contribution in [1.29, 1.82) is 0 Å². The molecule has 1 aromatic rings. The number of rotatable bonds is 7. The Bertz CT molecular complexity index is 672. The first-order chi connectivity index (χ1) is 11.9. The van der Waals surface area contributed by atoms with E-state index in [2.05, 4.69) is 10.4 Å². The predicted molar refractivity (Wildman–Crippen MR) is 93.2 cm³/mol. The summed E-state index contributed by atoms with van der Waals surface area (Å²) in [4.78, 5) is 36.8. The van der Waals surface area contributed by atoms with Crippen molar-refractivity contribution in [2.24, 2.45) is 16.9 Å². The van der Waals surface area contributed by atoms with Gasteiger partial charge >= 0.3 is 5.97 Å². The largest absolute Gasteiger partial charge is 0.481 e. The second kappa shape index (κ2) is 8.27. The highest BCUT2D eigenvalue weighted by Gasteiger charge is 2.34. The number of hydrogen-bond donors (Lipinski definition) is 3. The average molecular weight is 346 g/mol. The van der Waals surface area contributed by atoms with Crippen LogP contribution in [0.25, 0.3) is 0 Å². The molecule has 4 N–H and O–H groups in total. The molecule has 25 heavy (non-hydrogen) atoms. The van der Waals surface area contributed by atoms with Crippen molar-refractivity contribution in [2.45, 2.75) is 32.2 Å². The third-order valence-electron chi connectivity index (χ3n) is 4.06. The SMILES string of the molecule is CC(CC(=O)O)NC(=O)CC1CCN(c2ccc(C=NN)cc2)C1=O. The lowest BCUT2D eigenvalue weighted by Crippen LogP contribution is -2.36. The number of hydrogen-bond acceptors (Lipinski definition) is 5. The number of carboxylic acid groups (broad SMARTS) is 1. The molecule has 1 aromatic carbocycles. The van der Waals surface area contributed by atoms with Gasteiger partial charge in [0.2, 0.25) is 11.8 Å². The molecule has 8 heteroatoms. The Balaban J connectivity index is 1.92. The third kappa shape index (κ3) is 5.03. The van der Waals surface area contributed by atoms with Crippen molar-refractivity contribution in [1.82, 2.24) is 5.32 Å². The zero-order valence-electron chi connectivity index (χ0n) is 14.0. The van der Waals surface area contributed by atoms with Gasteiger partial charge in [-0.05, 0) is 31.0 Å². The number of nitrogens with zero attached hydrogens (tertiary/aromatic N) is 2. The molecule has 0 radical (unpaired) electrons. The number of carbonyl (C=O) groups is 3. The molecule has 2 atom stereocenters. The summed E-state index contributed by atoms with van der Waals surface area (Å²) >= 11 is 0. The molecule has 1 aliphatic heterocycles. The number of hydrazone groups is 1. The highest BCUT2D eigenvalue weighted by atomic mass is 16.4. The third-order valence-corrected chi connectivity index (χ3v) is 4.06. The number of aliphatic carboxylic acids is 1. The molecule has 2 unspecified atom stereocenters. The summed E-state index contributed by atoms with van der Waals surface area (Å²) in [5, 5.41) is 14.8. The summed E-state index contributed by atoms with van der Waals surface area (Å²) < 4.78 is 0. The number of carboxylic acids is 1. The number of anilines is 1. The highest BCUT2D eigenvalue weighted by Crippen LogP contribution is 2.27. The average Bonchev–Trinajstić information content (AvgIpc) is 2.88. The fourth-order valence-electron chi connectivity index (χ4n) is 2.88. The van der Waals surface area contributed by atoms with Crippen LogP contribution in [0.3, 0.4) is 0 Å². The van der Waals surface area contributed by atoms with Gasteiger partial charge in [-0.3, -0.25) is 14.4 Å². The summed E-state index contributed by atoms with van der Waals surface area (Å²) in [5.74, 6) is 3.34. The van der Waals surface area contributed by atoms with Crippen LogP contribution in [0, 0.1) is 5.92 Å². The van der Waals surface area contributed by atoms with Gasteiger partial charge in [-0.2, -0.15) is 5.10 Å². The normalized spacial score (nSPS) is 18.5. The van der Waals surface area contributed by atoms with Gasteiger partial charge in [-0.25, -0.2) is 0 Å². The lowest BCUT2D eigenvalue weighted by molar-refractivity contribution is -0.137. The van der Waals surface area contributed by atoms with E-state index in [9.17, 15) is 14.4 Å². The number of carbonyl (C=O) groups excluding carboxylic acids is 2. The second-order valence-corrected chi connectivity index (χ2v) is 6.12. The van der Waals surface area contributed by atoms with Crippen molar-refractivity contribution in [3.05, 3.63) is 29.8 Å². The Morgan fingerprint density at radius 2 is 2.12 bits per heavy atom. The van der Waals surface area contributed by atoms with Gasteiger partial charge in [-0.15, -0.1) is 0 Å². The van der Waals surface area contributed by atoms with Crippen LogP contribution >= 0.6 is 0 Å². The lowest BCUT2D eigenvalue weighted by atomic mass is 10.0. The summed E-state index contributed by atoms with van der Waals surface area (Å²) in [6, 6.07) is 6.78. The van der Waals surface area contributed by atoms with Crippen molar-refractivity contribution in [3.8, 4) is 0 Å². The zero-order chi connectivity index (χ0) is 18.4. The number of nitrogens with two attached hydrogens (primary N) is 1. The van der Waals surface area contributed by atoms with Crippen LogP contribution in [-0.2, 0) is 14.4 Å². The van der Waals surface area contributed by atoms with E-state index in [0.29, 0.717) is 13.0 Å². The molecule has 0 aromatic heterocycles. The minimum atomic E-state index is -0.973. The van der Waals surface area contributed by atoms with E-state index < -0.39 is 12.0 Å². The van der Waals surface area contributed by atoms with Crippen LogP contribution in [0.4, 0.5) is 5.69 Å². The first-order valence-corrected chi connectivity index (χ1v) is 8.06. The van der Waals surface area contributed by atoms with Gasteiger partial charge in [0, 0.05) is 30.6 Å². The molecule has 0 aliphatic carbocycles. The molecular formula is C17H22N4O4. The van der Waals surface area contributed by atoms with E-state index in [1.54, 1.807) is 11.8 Å². The summed E-state index contributed by atoms with van der Waals surface area (Å²) in [6.45, 7) is 2.17. The first kappa shape index (κ1) is 18.4. The number of amides is 2. The lowest BCUT2D eigenvalue weighted by Gasteiger charge is -2.17. The monoisotopic (exact) mass is 346 g/mol. The molecule has 1 aliphatic rings. The van der Waals surface area contributed by atoms with Crippen molar-refractivity contribution in [3.63, 3.8) is 0 Å². The molecule has 1 heterocycles. The van der Waals surface area contributed by atoms with Gasteiger partial charge in [0.05, 0.1) is 12.6 Å². The highest BCUT2D eigenvalue weighted by molar-refractivity contribution is 5.99.